The normalized spacial score (nSPS) is 8.93. The summed E-state index contributed by atoms with van der Waals surface area (Å²) in [5, 5.41) is 0. The minimum Gasteiger partial charge on any atom is -0.351 e. The van der Waals surface area contributed by atoms with Crippen LogP contribution in [0.25, 0.3) is 0 Å². The van der Waals surface area contributed by atoms with Gasteiger partial charge in [-0.05, 0) is 6.54 Å². The zero-order chi connectivity index (χ0) is 10.1. The molecule has 0 unspecified atom stereocenters. The van der Waals surface area contributed by atoms with E-state index in [1.807, 2.05) is 42.6 Å². The van der Waals surface area contributed by atoms with Crippen molar-refractivity contribution in [3.05, 3.63) is 54.6 Å². The van der Waals surface area contributed by atoms with Crippen LogP contribution in [0.2, 0.25) is 0 Å². The van der Waals surface area contributed by atoms with Crippen LogP contribution in [0, 0.1) is 0 Å². The molecule has 1 heterocycles. The first-order valence-electron chi connectivity index (χ1n) is 4.61. The zero-order valence-corrected chi connectivity index (χ0v) is 8.06. The third-order valence-electron chi connectivity index (χ3n) is 1.62. The van der Waals surface area contributed by atoms with Crippen LogP contribution in [0.4, 0.5) is 0 Å². The number of nitrogens with zero attached hydrogens (tertiary/aromatic N) is 1. The molecule has 2 rings (SSSR count). The van der Waals surface area contributed by atoms with Crippen molar-refractivity contribution in [1.29, 1.82) is 0 Å². The first kappa shape index (κ1) is 10.5. The second-order valence-electron chi connectivity index (χ2n) is 2.75. The van der Waals surface area contributed by atoms with Gasteiger partial charge in [0.25, 0.3) is 0 Å². The van der Waals surface area contributed by atoms with Gasteiger partial charge in [0.15, 0.2) is 0 Å². The summed E-state index contributed by atoms with van der Waals surface area (Å²) < 4.78 is 0. The highest BCUT2D eigenvalue weighted by atomic mass is 14.9. The molecule has 74 valence electrons. The Morgan fingerprint density at radius 3 is 2.00 bits per heavy atom. The van der Waals surface area contributed by atoms with E-state index < -0.39 is 0 Å². The van der Waals surface area contributed by atoms with Crippen molar-refractivity contribution in [2.75, 3.05) is 6.54 Å². The van der Waals surface area contributed by atoms with Crippen molar-refractivity contribution in [2.45, 2.75) is 6.42 Å². The molecule has 0 atom stereocenters. The van der Waals surface area contributed by atoms with Gasteiger partial charge in [-0.1, -0.05) is 36.4 Å². The Balaban J connectivity index is 0.000000146. The summed E-state index contributed by atoms with van der Waals surface area (Å²) in [6, 6.07) is 12.0. The van der Waals surface area contributed by atoms with Gasteiger partial charge in [-0.15, -0.1) is 0 Å². The smallest absolute Gasteiger partial charge is 0.0923 e. The Morgan fingerprint density at radius 2 is 1.64 bits per heavy atom. The van der Waals surface area contributed by atoms with E-state index in [-0.39, 0.29) is 0 Å². The van der Waals surface area contributed by atoms with E-state index in [9.17, 15) is 0 Å². The van der Waals surface area contributed by atoms with Crippen LogP contribution in [0.15, 0.2) is 48.9 Å². The number of nitrogens with two attached hydrogens (primary N) is 1. The average Bonchev–Trinajstić information content (AvgIpc) is 2.75. The van der Waals surface area contributed by atoms with Gasteiger partial charge in [0, 0.05) is 12.6 Å². The van der Waals surface area contributed by atoms with Gasteiger partial charge in [-0.25, -0.2) is 4.98 Å². The van der Waals surface area contributed by atoms with E-state index in [0.717, 1.165) is 12.1 Å². The second-order valence-corrected chi connectivity index (χ2v) is 2.75. The first-order chi connectivity index (χ1) is 6.93. The monoisotopic (exact) mass is 189 g/mol. The largest absolute Gasteiger partial charge is 0.351 e. The zero-order valence-electron chi connectivity index (χ0n) is 8.06. The average molecular weight is 189 g/mol. The highest BCUT2D eigenvalue weighted by Gasteiger charge is 1.87. The molecule has 0 saturated carbocycles. The van der Waals surface area contributed by atoms with Gasteiger partial charge in [0.1, 0.15) is 0 Å². The number of hydrogen-bond donors (Lipinski definition) is 2. The number of imidazole rings is 1. The highest BCUT2D eigenvalue weighted by Crippen LogP contribution is 1.88. The van der Waals surface area contributed by atoms with Gasteiger partial charge >= 0.3 is 0 Å². The number of benzene rings is 1. The Labute approximate surface area is 84.0 Å². The molecule has 0 aliphatic heterocycles. The third kappa shape index (κ3) is 4.42. The fraction of sp³-hybridized carbons (Fsp3) is 0.182. The molecule has 2 aromatic rings. The van der Waals surface area contributed by atoms with Gasteiger partial charge in [-0.2, -0.15) is 0 Å². The number of aromatic amines is 1. The molecule has 0 bridgehead atoms. The molecule has 0 fully saturated rings. The Kier molecular flexibility index (Phi) is 5.13. The molecule has 0 amide bonds. The summed E-state index contributed by atoms with van der Waals surface area (Å²) in [6.45, 7) is 0.671. The molecule has 3 N–H and O–H groups in total. The van der Waals surface area contributed by atoms with E-state index in [4.69, 9.17) is 5.73 Å². The molecular formula is C11H15N3. The lowest BCUT2D eigenvalue weighted by Gasteiger charge is -1.85. The maximum atomic E-state index is 5.27. The summed E-state index contributed by atoms with van der Waals surface area (Å²) in [6.07, 6.45) is 4.38. The fourth-order valence-corrected chi connectivity index (χ4v) is 0.960. The maximum Gasteiger partial charge on any atom is 0.0923 e. The molecule has 3 heteroatoms. The Bertz CT molecular complexity index is 276. The molecule has 14 heavy (non-hydrogen) atoms. The predicted octanol–water partition coefficient (Wildman–Crippen LogP) is 1.60. The van der Waals surface area contributed by atoms with Crippen LogP contribution in [0.3, 0.4) is 0 Å². The molecule has 1 aromatic carbocycles. The molecule has 0 aliphatic carbocycles. The van der Waals surface area contributed by atoms with E-state index >= 15 is 0 Å². The first-order valence-corrected chi connectivity index (χ1v) is 4.61. The minimum atomic E-state index is 0.671. The van der Waals surface area contributed by atoms with E-state index in [1.54, 1.807) is 6.33 Å². The van der Waals surface area contributed by atoms with Crippen LogP contribution in [-0.2, 0) is 6.42 Å². The summed E-state index contributed by atoms with van der Waals surface area (Å²) in [7, 11) is 0. The molecule has 0 aliphatic rings. The quantitative estimate of drug-likeness (QED) is 0.754. The number of hydrogen-bond acceptors (Lipinski definition) is 2. The van der Waals surface area contributed by atoms with Crippen LogP contribution in [0.1, 0.15) is 5.69 Å². The lowest BCUT2D eigenvalue weighted by atomic mass is 10.3. The summed E-state index contributed by atoms with van der Waals surface area (Å²) in [5.74, 6) is 0. The topological polar surface area (TPSA) is 54.7 Å². The fourth-order valence-electron chi connectivity index (χ4n) is 0.960. The number of aromatic nitrogens is 2. The lowest BCUT2D eigenvalue weighted by Crippen LogP contribution is -2.02. The third-order valence-corrected chi connectivity index (χ3v) is 1.62. The van der Waals surface area contributed by atoms with Crippen LogP contribution >= 0.6 is 0 Å². The second kappa shape index (κ2) is 6.86. The molecular weight excluding hydrogens is 174 g/mol. The van der Waals surface area contributed by atoms with Crippen molar-refractivity contribution in [3.8, 4) is 0 Å². The molecule has 0 saturated heterocycles. The Hall–Kier alpha value is -1.61. The van der Waals surface area contributed by atoms with Crippen molar-refractivity contribution < 1.29 is 0 Å². The van der Waals surface area contributed by atoms with Gasteiger partial charge in [0.2, 0.25) is 0 Å². The lowest BCUT2D eigenvalue weighted by molar-refractivity contribution is 0.935. The molecule has 0 spiro atoms. The highest BCUT2D eigenvalue weighted by molar-refractivity contribution is 4.99. The van der Waals surface area contributed by atoms with Crippen LogP contribution < -0.4 is 5.73 Å². The van der Waals surface area contributed by atoms with E-state index in [1.165, 1.54) is 0 Å². The predicted molar refractivity (Wildman–Crippen MR) is 57.8 cm³/mol. The van der Waals surface area contributed by atoms with E-state index in [0.29, 0.717) is 6.54 Å². The molecule has 1 aromatic heterocycles. The summed E-state index contributed by atoms with van der Waals surface area (Å²) in [5.41, 5.74) is 6.30. The minimum absolute atomic E-state index is 0.671. The van der Waals surface area contributed by atoms with Crippen LogP contribution in [0.5, 0.6) is 0 Å². The number of H-pyrrole nitrogens is 1. The van der Waals surface area contributed by atoms with Gasteiger partial charge < -0.3 is 10.7 Å². The van der Waals surface area contributed by atoms with Crippen molar-refractivity contribution >= 4 is 0 Å². The summed E-state index contributed by atoms with van der Waals surface area (Å²) in [4.78, 5) is 6.82. The Morgan fingerprint density at radius 1 is 1.07 bits per heavy atom. The maximum absolute atomic E-state index is 5.27. The number of rotatable bonds is 2. The van der Waals surface area contributed by atoms with Crippen molar-refractivity contribution in [1.82, 2.24) is 9.97 Å². The SMILES string of the molecule is NCCc1c[nH]cn1.c1ccccc1. The molecule has 3 nitrogen and oxygen atoms in total. The number of nitrogens with one attached hydrogen (secondary N) is 1. The van der Waals surface area contributed by atoms with Crippen LogP contribution in [-0.4, -0.2) is 16.5 Å². The molecule has 0 radical (unpaired) electrons. The standard InChI is InChI=1S/C6H6.C5H9N3/c1-2-4-6-5-3-1;6-2-1-5-3-7-4-8-5/h1-6H;3-4H,1-2,6H2,(H,7,8). The van der Waals surface area contributed by atoms with Crippen molar-refractivity contribution in [3.63, 3.8) is 0 Å². The van der Waals surface area contributed by atoms with Gasteiger partial charge in [-0.3, -0.25) is 0 Å². The van der Waals surface area contributed by atoms with Gasteiger partial charge in [0.05, 0.1) is 12.0 Å². The summed E-state index contributed by atoms with van der Waals surface area (Å²) >= 11 is 0. The van der Waals surface area contributed by atoms with Crippen molar-refractivity contribution in [2.24, 2.45) is 5.73 Å². The van der Waals surface area contributed by atoms with E-state index in [2.05, 4.69) is 9.97 Å².